The molecule has 6 heteroatoms. The van der Waals surface area contributed by atoms with Gasteiger partial charge < -0.3 is 5.32 Å². The van der Waals surface area contributed by atoms with E-state index in [-0.39, 0.29) is 17.7 Å². The fourth-order valence-corrected chi connectivity index (χ4v) is 4.70. The molecule has 0 aliphatic carbocycles. The van der Waals surface area contributed by atoms with Gasteiger partial charge >= 0.3 is 0 Å². The summed E-state index contributed by atoms with van der Waals surface area (Å²) in [5, 5.41) is 3.00. The van der Waals surface area contributed by atoms with Gasteiger partial charge in [-0.05, 0) is 49.9 Å². The number of hydrogen-bond acceptors (Lipinski definition) is 3. The molecule has 1 atom stereocenters. The van der Waals surface area contributed by atoms with Gasteiger partial charge in [-0.2, -0.15) is 0 Å². The standard InChI is InChI=1S/C20H24N2O3S/c1-16(11-12-17-7-3-2-4-8-17)21-20(23)18-9-5-10-19(15-18)22-13-6-14-26(22,24)25/h2-5,7-10,15-16H,6,11-14H2,1H3,(H,21,23)/t16-/m1/s1. The van der Waals surface area contributed by atoms with E-state index in [1.54, 1.807) is 24.3 Å². The minimum atomic E-state index is -3.24. The van der Waals surface area contributed by atoms with Crippen molar-refractivity contribution < 1.29 is 13.2 Å². The maximum atomic E-state index is 12.5. The Hall–Kier alpha value is -2.34. The lowest BCUT2D eigenvalue weighted by atomic mass is 10.1. The molecule has 1 heterocycles. The number of amides is 1. The molecule has 1 aliphatic rings. The van der Waals surface area contributed by atoms with Crippen LogP contribution in [0.5, 0.6) is 0 Å². The number of carbonyl (C=O) groups excluding carboxylic acids is 1. The van der Waals surface area contributed by atoms with Gasteiger partial charge in [0.2, 0.25) is 10.0 Å². The zero-order chi connectivity index (χ0) is 18.6. The second-order valence-electron chi connectivity index (χ2n) is 6.69. The molecule has 0 aromatic heterocycles. The average Bonchev–Trinajstić information content (AvgIpc) is 3.00. The number of nitrogens with one attached hydrogen (secondary N) is 1. The minimum absolute atomic E-state index is 0.0295. The van der Waals surface area contributed by atoms with E-state index in [1.165, 1.54) is 9.87 Å². The summed E-state index contributed by atoms with van der Waals surface area (Å²) in [4.78, 5) is 12.5. The predicted octanol–water partition coefficient (Wildman–Crippen LogP) is 2.98. The SMILES string of the molecule is C[C@H](CCc1ccccc1)NC(=O)c1cccc(N2CCCS2(=O)=O)c1. The fraction of sp³-hybridized carbons (Fsp3) is 0.350. The second kappa shape index (κ2) is 7.91. The van der Waals surface area contributed by atoms with E-state index in [1.807, 2.05) is 25.1 Å². The lowest BCUT2D eigenvalue weighted by Crippen LogP contribution is -2.33. The van der Waals surface area contributed by atoms with Crippen molar-refractivity contribution in [3.63, 3.8) is 0 Å². The Balaban J connectivity index is 1.62. The molecule has 0 spiro atoms. The Morgan fingerprint density at radius 2 is 1.92 bits per heavy atom. The molecular formula is C20H24N2O3S. The highest BCUT2D eigenvalue weighted by molar-refractivity contribution is 7.93. The first-order valence-corrected chi connectivity index (χ1v) is 10.5. The topological polar surface area (TPSA) is 66.5 Å². The van der Waals surface area contributed by atoms with E-state index in [0.29, 0.717) is 24.2 Å². The van der Waals surface area contributed by atoms with Crippen LogP contribution in [0.4, 0.5) is 5.69 Å². The lowest BCUT2D eigenvalue weighted by Gasteiger charge is -2.18. The predicted molar refractivity (Wildman–Crippen MR) is 104 cm³/mol. The van der Waals surface area contributed by atoms with Crippen LogP contribution in [0.1, 0.15) is 35.7 Å². The van der Waals surface area contributed by atoms with Crippen molar-refractivity contribution in [1.82, 2.24) is 5.32 Å². The van der Waals surface area contributed by atoms with Gasteiger partial charge in [-0.1, -0.05) is 36.4 Å². The number of carbonyl (C=O) groups is 1. The highest BCUT2D eigenvalue weighted by Gasteiger charge is 2.28. The summed E-state index contributed by atoms with van der Waals surface area (Å²) < 4.78 is 25.5. The normalized spacial score (nSPS) is 17.0. The van der Waals surface area contributed by atoms with Crippen molar-refractivity contribution in [1.29, 1.82) is 0 Å². The smallest absolute Gasteiger partial charge is 0.251 e. The third-order valence-corrected chi connectivity index (χ3v) is 6.45. The number of aryl methyl sites for hydroxylation is 1. The highest BCUT2D eigenvalue weighted by atomic mass is 32.2. The van der Waals surface area contributed by atoms with Crippen LogP contribution in [0.15, 0.2) is 54.6 Å². The van der Waals surface area contributed by atoms with E-state index >= 15 is 0 Å². The summed E-state index contributed by atoms with van der Waals surface area (Å²) in [6.45, 7) is 2.45. The van der Waals surface area contributed by atoms with Crippen molar-refractivity contribution in [2.75, 3.05) is 16.6 Å². The molecule has 1 amide bonds. The summed E-state index contributed by atoms with van der Waals surface area (Å²) in [6.07, 6.45) is 2.36. The fourth-order valence-electron chi connectivity index (χ4n) is 3.14. The van der Waals surface area contributed by atoms with E-state index in [4.69, 9.17) is 0 Å². The third kappa shape index (κ3) is 4.43. The zero-order valence-electron chi connectivity index (χ0n) is 14.9. The monoisotopic (exact) mass is 372 g/mol. The van der Waals surface area contributed by atoms with Crippen LogP contribution in [0.25, 0.3) is 0 Å². The zero-order valence-corrected chi connectivity index (χ0v) is 15.7. The number of rotatable bonds is 6. The molecular weight excluding hydrogens is 348 g/mol. The Labute approximate surface area is 155 Å². The molecule has 0 saturated carbocycles. The van der Waals surface area contributed by atoms with Crippen LogP contribution in [-0.2, 0) is 16.4 Å². The lowest BCUT2D eigenvalue weighted by molar-refractivity contribution is 0.0938. The third-order valence-electron chi connectivity index (χ3n) is 4.58. The van der Waals surface area contributed by atoms with Gasteiger partial charge in [0.15, 0.2) is 0 Å². The van der Waals surface area contributed by atoms with Crippen molar-refractivity contribution >= 4 is 21.6 Å². The Morgan fingerprint density at radius 3 is 2.62 bits per heavy atom. The van der Waals surface area contributed by atoms with Gasteiger partial charge in [0.25, 0.3) is 5.91 Å². The minimum Gasteiger partial charge on any atom is -0.350 e. The molecule has 2 aromatic rings. The number of nitrogens with zero attached hydrogens (tertiary/aromatic N) is 1. The summed E-state index contributed by atoms with van der Waals surface area (Å²) >= 11 is 0. The first-order chi connectivity index (χ1) is 12.5. The first kappa shape index (κ1) is 18.5. The molecule has 2 aromatic carbocycles. The summed E-state index contributed by atoms with van der Waals surface area (Å²) in [7, 11) is -3.24. The van der Waals surface area contributed by atoms with Crippen LogP contribution < -0.4 is 9.62 Å². The van der Waals surface area contributed by atoms with Crippen LogP contribution in [0.3, 0.4) is 0 Å². The summed E-state index contributed by atoms with van der Waals surface area (Å²) in [6, 6.07) is 17.0. The van der Waals surface area contributed by atoms with Gasteiger partial charge in [-0.3, -0.25) is 9.10 Å². The molecule has 3 rings (SSSR count). The van der Waals surface area contributed by atoms with Gasteiger partial charge in [0.1, 0.15) is 0 Å². The largest absolute Gasteiger partial charge is 0.350 e. The van der Waals surface area contributed by atoms with Crippen LogP contribution in [-0.4, -0.2) is 32.7 Å². The number of anilines is 1. The molecule has 1 N–H and O–H groups in total. The van der Waals surface area contributed by atoms with E-state index in [2.05, 4.69) is 17.4 Å². The van der Waals surface area contributed by atoms with Crippen LogP contribution >= 0.6 is 0 Å². The Kier molecular flexibility index (Phi) is 5.61. The quantitative estimate of drug-likeness (QED) is 0.848. The first-order valence-electron chi connectivity index (χ1n) is 8.91. The van der Waals surface area contributed by atoms with Gasteiger partial charge in [-0.25, -0.2) is 8.42 Å². The summed E-state index contributed by atoms with van der Waals surface area (Å²) in [5.74, 6) is -0.0102. The van der Waals surface area contributed by atoms with Gasteiger partial charge in [0, 0.05) is 18.2 Å². The van der Waals surface area contributed by atoms with Crippen molar-refractivity contribution in [3.8, 4) is 0 Å². The molecule has 1 fully saturated rings. The van der Waals surface area contributed by atoms with Crippen molar-refractivity contribution in [3.05, 3.63) is 65.7 Å². The van der Waals surface area contributed by atoms with E-state index in [0.717, 1.165) is 12.8 Å². The molecule has 0 bridgehead atoms. The molecule has 1 saturated heterocycles. The van der Waals surface area contributed by atoms with E-state index < -0.39 is 10.0 Å². The Morgan fingerprint density at radius 1 is 1.15 bits per heavy atom. The molecule has 0 unspecified atom stereocenters. The maximum Gasteiger partial charge on any atom is 0.251 e. The number of hydrogen-bond donors (Lipinski definition) is 1. The van der Waals surface area contributed by atoms with Gasteiger partial charge in [0.05, 0.1) is 11.4 Å². The number of sulfonamides is 1. The average molecular weight is 372 g/mol. The van der Waals surface area contributed by atoms with Crippen LogP contribution in [0.2, 0.25) is 0 Å². The molecule has 5 nitrogen and oxygen atoms in total. The van der Waals surface area contributed by atoms with Gasteiger partial charge in [-0.15, -0.1) is 0 Å². The number of benzene rings is 2. The highest BCUT2D eigenvalue weighted by Crippen LogP contribution is 2.24. The molecule has 26 heavy (non-hydrogen) atoms. The van der Waals surface area contributed by atoms with Crippen molar-refractivity contribution in [2.24, 2.45) is 0 Å². The molecule has 0 radical (unpaired) electrons. The maximum absolute atomic E-state index is 12.5. The Bertz CT molecular complexity index is 866. The van der Waals surface area contributed by atoms with Crippen molar-refractivity contribution in [2.45, 2.75) is 32.2 Å². The second-order valence-corrected chi connectivity index (χ2v) is 8.70. The van der Waals surface area contributed by atoms with E-state index in [9.17, 15) is 13.2 Å². The van der Waals surface area contributed by atoms with Crippen LogP contribution in [0, 0.1) is 0 Å². The molecule has 1 aliphatic heterocycles. The molecule has 138 valence electrons. The summed E-state index contributed by atoms with van der Waals surface area (Å²) in [5.41, 5.74) is 2.29.